The summed E-state index contributed by atoms with van der Waals surface area (Å²) in [5.74, 6) is 0.868. The molecule has 0 rings (SSSR count). The first-order valence-electron chi connectivity index (χ1n) is 6.04. The summed E-state index contributed by atoms with van der Waals surface area (Å²) in [6, 6.07) is 0. The van der Waals surface area contributed by atoms with E-state index in [2.05, 4.69) is 34.6 Å². The van der Waals surface area contributed by atoms with E-state index < -0.39 is 0 Å². The third-order valence-electron chi connectivity index (χ3n) is 3.31. The quantitative estimate of drug-likeness (QED) is 0.520. The first kappa shape index (κ1) is 13.0. The van der Waals surface area contributed by atoms with Gasteiger partial charge < -0.3 is 0 Å². The van der Waals surface area contributed by atoms with E-state index >= 15 is 0 Å². The maximum Gasteiger partial charge on any atom is -0.0328 e. The van der Waals surface area contributed by atoms with Crippen LogP contribution in [0.4, 0.5) is 0 Å². The Kier molecular flexibility index (Phi) is 6.45. The summed E-state index contributed by atoms with van der Waals surface area (Å²) in [4.78, 5) is 0. The average molecular weight is 184 g/mol. The van der Waals surface area contributed by atoms with E-state index in [1.807, 2.05) is 0 Å². The van der Waals surface area contributed by atoms with E-state index in [9.17, 15) is 0 Å². The van der Waals surface area contributed by atoms with E-state index in [0.717, 1.165) is 5.92 Å². The molecule has 0 bridgehead atoms. The van der Waals surface area contributed by atoms with Crippen molar-refractivity contribution in [2.45, 2.75) is 73.1 Å². The highest BCUT2D eigenvalue weighted by molar-refractivity contribution is 4.73. The minimum Gasteiger partial charge on any atom is -0.0654 e. The Labute approximate surface area is 85.1 Å². The van der Waals surface area contributed by atoms with Gasteiger partial charge in [0.2, 0.25) is 0 Å². The fourth-order valence-corrected chi connectivity index (χ4v) is 1.72. The Morgan fingerprint density at radius 1 is 1.08 bits per heavy atom. The Morgan fingerprint density at radius 2 is 1.69 bits per heavy atom. The normalized spacial score (nSPS) is 16.2. The summed E-state index contributed by atoms with van der Waals surface area (Å²) < 4.78 is 0. The van der Waals surface area contributed by atoms with Gasteiger partial charge in [0.15, 0.2) is 0 Å². The second-order valence-electron chi connectivity index (χ2n) is 5.20. The van der Waals surface area contributed by atoms with Crippen molar-refractivity contribution in [3.63, 3.8) is 0 Å². The van der Waals surface area contributed by atoms with Gasteiger partial charge in [-0.1, -0.05) is 60.3 Å². The molecule has 0 aromatic carbocycles. The molecule has 0 aliphatic heterocycles. The second-order valence-corrected chi connectivity index (χ2v) is 5.20. The largest absolute Gasteiger partial charge is 0.0654 e. The molecular weight excluding hydrogens is 156 g/mol. The van der Waals surface area contributed by atoms with E-state index in [1.54, 1.807) is 0 Å². The van der Waals surface area contributed by atoms with Gasteiger partial charge in [-0.2, -0.15) is 0 Å². The smallest absolute Gasteiger partial charge is 0.0328 e. The SMILES string of the molecule is CCCCC(C)(CC)CCC(C)C. The van der Waals surface area contributed by atoms with Crippen molar-refractivity contribution >= 4 is 0 Å². The first-order valence-corrected chi connectivity index (χ1v) is 6.04. The van der Waals surface area contributed by atoms with Crippen molar-refractivity contribution in [1.29, 1.82) is 0 Å². The molecule has 80 valence electrons. The van der Waals surface area contributed by atoms with Crippen LogP contribution in [0.15, 0.2) is 0 Å². The molecule has 0 heteroatoms. The Balaban J connectivity index is 3.81. The van der Waals surface area contributed by atoms with E-state index in [0.29, 0.717) is 5.41 Å². The second kappa shape index (κ2) is 6.45. The maximum atomic E-state index is 2.46. The molecule has 0 aromatic rings. The summed E-state index contributed by atoms with van der Waals surface area (Å²) in [6.07, 6.45) is 8.33. The highest BCUT2D eigenvalue weighted by atomic mass is 14.3. The predicted molar refractivity (Wildman–Crippen MR) is 62.0 cm³/mol. The molecule has 0 nitrogen and oxygen atoms in total. The van der Waals surface area contributed by atoms with Crippen LogP contribution in [0.25, 0.3) is 0 Å². The van der Waals surface area contributed by atoms with Gasteiger partial charge in [0.25, 0.3) is 0 Å². The number of hydrogen-bond donors (Lipinski definition) is 0. The lowest BCUT2D eigenvalue weighted by Gasteiger charge is -2.29. The van der Waals surface area contributed by atoms with Gasteiger partial charge in [-0.3, -0.25) is 0 Å². The van der Waals surface area contributed by atoms with Gasteiger partial charge >= 0.3 is 0 Å². The first-order chi connectivity index (χ1) is 6.04. The van der Waals surface area contributed by atoms with Crippen LogP contribution in [-0.2, 0) is 0 Å². The zero-order valence-corrected chi connectivity index (χ0v) is 10.3. The van der Waals surface area contributed by atoms with Crippen LogP contribution in [-0.4, -0.2) is 0 Å². The standard InChI is InChI=1S/C13H28/c1-6-8-10-13(5,7-2)11-9-12(3)4/h12H,6-11H2,1-5H3. The van der Waals surface area contributed by atoms with E-state index in [4.69, 9.17) is 0 Å². The van der Waals surface area contributed by atoms with Crippen LogP contribution in [0.5, 0.6) is 0 Å². The van der Waals surface area contributed by atoms with Crippen molar-refractivity contribution in [2.24, 2.45) is 11.3 Å². The van der Waals surface area contributed by atoms with Gasteiger partial charge in [0, 0.05) is 0 Å². The summed E-state index contributed by atoms with van der Waals surface area (Å²) in [5, 5.41) is 0. The molecule has 0 saturated carbocycles. The molecule has 0 aliphatic carbocycles. The number of rotatable bonds is 7. The summed E-state index contributed by atoms with van der Waals surface area (Å²) in [7, 11) is 0. The topological polar surface area (TPSA) is 0 Å². The molecule has 0 heterocycles. The Hall–Kier alpha value is 0. The predicted octanol–water partition coefficient (Wildman–Crippen LogP) is 5.03. The molecule has 13 heavy (non-hydrogen) atoms. The van der Waals surface area contributed by atoms with Gasteiger partial charge in [0.1, 0.15) is 0 Å². The lowest BCUT2D eigenvalue weighted by atomic mass is 9.77. The molecule has 0 fully saturated rings. The molecular formula is C13H28. The molecule has 0 amide bonds. The van der Waals surface area contributed by atoms with Gasteiger partial charge in [0.05, 0.1) is 0 Å². The van der Waals surface area contributed by atoms with Crippen LogP contribution >= 0.6 is 0 Å². The van der Waals surface area contributed by atoms with E-state index in [1.165, 1.54) is 38.5 Å². The molecule has 0 aliphatic rings. The van der Waals surface area contributed by atoms with E-state index in [-0.39, 0.29) is 0 Å². The summed E-state index contributed by atoms with van der Waals surface area (Å²) >= 11 is 0. The van der Waals surface area contributed by atoms with Crippen molar-refractivity contribution in [1.82, 2.24) is 0 Å². The van der Waals surface area contributed by atoms with Crippen molar-refractivity contribution < 1.29 is 0 Å². The lowest BCUT2D eigenvalue weighted by Crippen LogP contribution is -2.15. The van der Waals surface area contributed by atoms with Crippen LogP contribution in [0.3, 0.4) is 0 Å². The summed E-state index contributed by atoms with van der Waals surface area (Å²) in [5.41, 5.74) is 0.625. The molecule has 0 aromatic heterocycles. The lowest BCUT2D eigenvalue weighted by molar-refractivity contribution is 0.234. The van der Waals surface area contributed by atoms with Crippen LogP contribution in [0.1, 0.15) is 73.1 Å². The molecule has 0 saturated heterocycles. The number of hydrogen-bond acceptors (Lipinski definition) is 0. The van der Waals surface area contributed by atoms with Gasteiger partial charge in [-0.05, 0) is 24.2 Å². The zero-order valence-electron chi connectivity index (χ0n) is 10.3. The third-order valence-corrected chi connectivity index (χ3v) is 3.31. The van der Waals surface area contributed by atoms with Crippen LogP contribution in [0.2, 0.25) is 0 Å². The third kappa shape index (κ3) is 6.12. The molecule has 0 N–H and O–H groups in total. The summed E-state index contributed by atoms with van der Waals surface area (Å²) in [6.45, 7) is 11.8. The fourth-order valence-electron chi connectivity index (χ4n) is 1.72. The Morgan fingerprint density at radius 3 is 2.08 bits per heavy atom. The molecule has 1 unspecified atom stereocenters. The molecule has 0 radical (unpaired) electrons. The van der Waals surface area contributed by atoms with Gasteiger partial charge in [-0.25, -0.2) is 0 Å². The Bertz CT molecular complexity index is 115. The monoisotopic (exact) mass is 184 g/mol. The maximum absolute atomic E-state index is 2.46. The van der Waals surface area contributed by atoms with Crippen molar-refractivity contribution in [3.8, 4) is 0 Å². The average Bonchev–Trinajstić information content (AvgIpc) is 2.11. The zero-order chi connectivity index (χ0) is 10.3. The van der Waals surface area contributed by atoms with Crippen molar-refractivity contribution in [3.05, 3.63) is 0 Å². The van der Waals surface area contributed by atoms with Crippen LogP contribution in [0, 0.1) is 11.3 Å². The number of unbranched alkanes of at least 4 members (excludes halogenated alkanes) is 1. The fraction of sp³-hybridized carbons (Fsp3) is 1.00. The highest BCUT2D eigenvalue weighted by Gasteiger charge is 2.20. The molecule has 0 spiro atoms. The van der Waals surface area contributed by atoms with Crippen LogP contribution < -0.4 is 0 Å². The minimum absolute atomic E-state index is 0.625. The van der Waals surface area contributed by atoms with Gasteiger partial charge in [-0.15, -0.1) is 0 Å². The molecule has 1 atom stereocenters. The minimum atomic E-state index is 0.625. The highest BCUT2D eigenvalue weighted by Crippen LogP contribution is 2.34. The van der Waals surface area contributed by atoms with Crippen molar-refractivity contribution in [2.75, 3.05) is 0 Å².